The highest BCUT2D eigenvalue weighted by atomic mass is 32.2. The molecule has 0 spiro atoms. The summed E-state index contributed by atoms with van der Waals surface area (Å²) in [7, 11) is -4.09. The summed E-state index contributed by atoms with van der Waals surface area (Å²) in [5.41, 5.74) is 1.93. The predicted molar refractivity (Wildman–Crippen MR) is 72.4 cm³/mol. The van der Waals surface area contributed by atoms with Gasteiger partial charge in [-0.3, -0.25) is 16.0 Å². The standard InChI is InChI=1S/C10H16N4O5S/c1-2-13(5-6-15)20(18,19)10-7-8(12-11)3-4-9(10)14(16)17/h3-4,7,12,15H,2,5-6,11H2,1H3. The van der Waals surface area contributed by atoms with E-state index in [0.717, 1.165) is 16.4 Å². The highest BCUT2D eigenvalue weighted by molar-refractivity contribution is 7.89. The first-order valence-electron chi connectivity index (χ1n) is 5.74. The van der Waals surface area contributed by atoms with Crippen molar-refractivity contribution in [1.29, 1.82) is 0 Å². The number of rotatable bonds is 7. The lowest BCUT2D eigenvalue weighted by atomic mass is 10.3. The van der Waals surface area contributed by atoms with Crippen LogP contribution >= 0.6 is 0 Å². The first-order valence-corrected chi connectivity index (χ1v) is 7.18. The van der Waals surface area contributed by atoms with Gasteiger partial charge in [-0.25, -0.2) is 8.42 Å². The second-order valence-electron chi connectivity index (χ2n) is 3.80. The predicted octanol–water partition coefficient (Wildman–Crippen LogP) is -0.117. The third-order valence-corrected chi connectivity index (χ3v) is 4.65. The third-order valence-electron chi connectivity index (χ3n) is 2.64. The maximum absolute atomic E-state index is 12.4. The van der Waals surface area contributed by atoms with Crippen LogP contribution in [0.5, 0.6) is 0 Å². The number of nitrogens with zero attached hydrogens (tertiary/aromatic N) is 2. The van der Waals surface area contributed by atoms with Crippen LogP contribution in [-0.4, -0.2) is 42.4 Å². The van der Waals surface area contributed by atoms with E-state index in [1.165, 1.54) is 6.07 Å². The minimum absolute atomic E-state index is 0.0837. The average molecular weight is 304 g/mol. The zero-order valence-corrected chi connectivity index (χ0v) is 11.6. The SMILES string of the molecule is CCN(CCO)S(=O)(=O)c1cc(NN)ccc1[N+](=O)[O-]. The molecule has 20 heavy (non-hydrogen) atoms. The molecular weight excluding hydrogens is 288 g/mol. The molecule has 1 aromatic carbocycles. The normalized spacial score (nSPS) is 11.6. The number of benzene rings is 1. The van der Waals surface area contributed by atoms with Crippen molar-refractivity contribution in [2.75, 3.05) is 25.1 Å². The molecule has 1 rings (SSSR count). The maximum Gasteiger partial charge on any atom is 0.289 e. The zero-order valence-electron chi connectivity index (χ0n) is 10.8. The topological polar surface area (TPSA) is 139 Å². The molecule has 0 aliphatic carbocycles. The molecule has 0 heterocycles. The molecule has 1 aromatic rings. The second-order valence-corrected chi connectivity index (χ2v) is 5.71. The Hall–Kier alpha value is -1.75. The molecule has 0 amide bonds. The van der Waals surface area contributed by atoms with Gasteiger partial charge in [-0.2, -0.15) is 4.31 Å². The molecule has 0 aromatic heterocycles. The number of anilines is 1. The average Bonchev–Trinajstić information content (AvgIpc) is 2.43. The van der Waals surface area contributed by atoms with Crippen LogP contribution in [0, 0.1) is 10.1 Å². The summed E-state index contributed by atoms with van der Waals surface area (Å²) < 4.78 is 25.7. The van der Waals surface area contributed by atoms with Gasteiger partial charge in [-0.15, -0.1) is 0 Å². The van der Waals surface area contributed by atoms with E-state index in [-0.39, 0.29) is 25.4 Å². The van der Waals surface area contributed by atoms with Crippen LogP contribution in [0.3, 0.4) is 0 Å². The number of nitro benzene ring substituents is 1. The van der Waals surface area contributed by atoms with Gasteiger partial charge in [0.15, 0.2) is 4.90 Å². The molecule has 0 atom stereocenters. The molecule has 10 heteroatoms. The van der Waals surface area contributed by atoms with Crippen LogP contribution in [0.15, 0.2) is 23.1 Å². The smallest absolute Gasteiger partial charge is 0.289 e. The summed E-state index contributed by atoms with van der Waals surface area (Å²) in [6.07, 6.45) is 0. The zero-order chi connectivity index (χ0) is 15.3. The summed E-state index contributed by atoms with van der Waals surface area (Å²) in [6.45, 7) is 1.14. The monoisotopic (exact) mass is 304 g/mol. The number of hydrazine groups is 1. The number of nitro groups is 1. The van der Waals surface area contributed by atoms with E-state index in [9.17, 15) is 18.5 Å². The fraction of sp³-hybridized carbons (Fsp3) is 0.400. The Labute approximate surface area is 116 Å². The Morgan fingerprint density at radius 3 is 2.60 bits per heavy atom. The summed E-state index contributed by atoms with van der Waals surface area (Å²) in [5, 5.41) is 19.8. The Bertz CT molecular complexity index is 589. The summed E-state index contributed by atoms with van der Waals surface area (Å²) >= 11 is 0. The maximum atomic E-state index is 12.4. The van der Waals surface area contributed by atoms with Crippen LogP contribution in [0.2, 0.25) is 0 Å². The fourth-order valence-corrected chi connectivity index (χ4v) is 3.28. The number of hydrogen-bond donors (Lipinski definition) is 3. The number of hydrogen-bond acceptors (Lipinski definition) is 7. The largest absolute Gasteiger partial charge is 0.395 e. The summed E-state index contributed by atoms with van der Waals surface area (Å²) in [4.78, 5) is 9.72. The molecule has 0 saturated heterocycles. The molecule has 0 aliphatic heterocycles. The van der Waals surface area contributed by atoms with E-state index >= 15 is 0 Å². The highest BCUT2D eigenvalue weighted by Gasteiger charge is 2.30. The molecule has 0 saturated carbocycles. The van der Waals surface area contributed by atoms with Crippen LogP contribution < -0.4 is 11.3 Å². The van der Waals surface area contributed by atoms with Gasteiger partial charge >= 0.3 is 0 Å². The summed E-state index contributed by atoms with van der Waals surface area (Å²) in [5.74, 6) is 5.19. The Morgan fingerprint density at radius 2 is 2.15 bits per heavy atom. The molecule has 0 bridgehead atoms. The van der Waals surface area contributed by atoms with Gasteiger partial charge in [-0.05, 0) is 12.1 Å². The second kappa shape index (κ2) is 6.61. The Balaban J connectivity index is 3.45. The summed E-state index contributed by atoms with van der Waals surface area (Å²) in [6, 6.07) is 3.46. The van der Waals surface area contributed by atoms with Crippen LogP contribution in [0.25, 0.3) is 0 Å². The number of nitrogens with one attached hydrogen (secondary N) is 1. The van der Waals surface area contributed by atoms with E-state index in [4.69, 9.17) is 10.9 Å². The third kappa shape index (κ3) is 3.22. The molecule has 112 valence electrons. The minimum atomic E-state index is -4.09. The van der Waals surface area contributed by atoms with Crippen LogP contribution in [-0.2, 0) is 10.0 Å². The lowest BCUT2D eigenvalue weighted by Gasteiger charge is -2.19. The van der Waals surface area contributed by atoms with Crippen molar-refractivity contribution in [3.05, 3.63) is 28.3 Å². The quantitative estimate of drug-likeness (QED) is 0.362. The minimum Gasteiger partial charge on any atom is -0.395 e. The van der Waals surface area contributed by atoms with Gasteiger partial charge in [0.25, 0.3) is 5.69 Å². The van der Waals surface area contributed by atoms with Crippen molar-refractivity contribution in [3.63, 3.8) is 0 Å². The van der Waals surface area contributed by atoms with E-state index in [1.807, 2.05) is 0 Å². The number of likely N-dealkylation sites (N-methyl/N-ethyl adjacent to an activating group) is 1. The number of sulfonamides is 1. The fourth-order valence-electron chi connectivity index (χ4n) is 1.66. The Kier molecular flexibility index (Phi) is 5.39. The lowest BCUT2D eigenvalue weighted by Crippen LogP contribution is -2.33. The molecular formula is C10H16N4O5S. The molecule has 0 aliphatic rings. The van der Waals surface area contributed by atoms with Gasteiger partial charge < -0.3 is 10.5 Å². The van der Waals surface area contributed by atoms with Gasteiger partial charge in [0.05, 0.1) is 17.2 Å². The number of aliphatic hydroxyl groups excluding tert-OH is 1. The van der Waals surface area contributed by atoms with Gasteiger partial charge in [0.2, 0.25) is 10.0 Å². The highest BCUT2D eigenvalue weighted by Crippen LogP contribution is 2.29. The molecule has 0 radical (unpaired) electrons. The first-order chi connectivity index (χ1) is 9.38. The number of nitrogen functional groups attached to an aromatic ring is 1. The van der Waals surface area contributed by atoms with Gasteiger partial charge in [-0.1, -0.05) is 6.92 Å². The van der Waals surface area contributed by atoms with Crippen molar-refractivity contribution in [3.8, 4) is 0 Å². The van der Waals surface area contributed by atoms with Gasteiger partial charge in [0, 0.05) is 19.2 Å². The Morgan fingerprint density at radius 1 is 1.50 bits per heavy atom. The van der Waals surface area contributed by atoms with E-state index < -0.39 is 25.5 Å². The van der Waals surface area contributed by atoms with Crippen molar-refractivity contribution >= 4 is 21.4 Å². The van der Waals surface area contributed by atoms with E-state index in [2.05, 4.69) is 5.43 Å². The molecule has 4 N–H and O–H groups in total. The van der Waals surface area contributed by atoms with Gasteiger partial charge in [0.1, 0.15) is 0 Å². The number of aliphatic hydroxyl groups is 1. The molecule has 0 unspecified atom stereocenters. The van der Waals surface area contributed by atoms with E-state index in [0.29, 0.717) is 0 Å². The van der Waals surface area contributed by atoms with Crippen molar-refractivity contribution < 1.29 is 18.4 Å². The van der Waals surface area contributed by atoms with Crippen molar-refractivity contribution in [1.82, 2.24) is 4.31 Å². The first kappa shape index (κ1) is 16.3. The van der Waals surface area contributed by atoms with Crippen LogP contribution in [0.4, 0.5) is 11.4 Å². The lowest BCUT2D eigenvalue weighted by molar-refractivity contribution is -0.387. The molecule has 9 nitrogen and oxygen atoms in total. The van der Waals surface area contributed by atoms with Crippen molar-refractivity contribution in [2.45, 2.75) is 11.8 Å². The van der Waals surface area contributed by atoms with Crippen molar-refractivity contribution in [2.24, 2.45) is 5.84 Å². The van der Waals surface area contributed by atoms with Crippen LogP contribution in [0.1, 0.15) is 6.92 Å². The van der Waals surface area contributed by atoms with E-state index in [1.54, 1.807) is 6.92 Å². The number of nitrogens with two attached hydrogens (primary N) is 1. The molecule has 0 fully saturated rings.